The molecular formula is C11H17NO4. The summed E-state index contributed by atoms with van der Waals surface area (Å²) in [6, 6.07) is 0. The van der Waals surface area contributed by atoms with Crippen molar-refractivity contribution in [3.05, 3.63) is 0 Å². The molecule has 1 heterocycles. The van der Waals surface area contributed by atoms with Crippen molar-refractivity contribution in [1.82, 2.24) is 5.32 Å². The minimum absolute atomic E-state index is 0.119. The quantitative estimate of drug-likeness (QED) is 0.721. The number of hydrogen-bond acceptors (Lipinski definition) is 3. The summed E-state index contributed by atoms with van der Waals surface area (Å²) >= 11 is 0. The van der Waals surface area contributed by atoms with Crippen LogP contribution in [0.4, 0.5) is 0 Å². The van der Waals surface area contributed by atoms with E-state index >= 15 is 0 Å². The lowest BCUT2D eigenvalue weighted by molar-refractivity contribution is -0.140. The molecule has 2 fully saturated rings. The minimum atomic E-state index is -0.863. The zero-order chi connectivity index (χ0) is 11.7. The Kier molecular flexibility index (Phi) is 3.14. The van der Waals surface area contributed by atoms with Crippen LogP contribution >= 0.6 is 0 Å². The van der Waals surface area contributed by atoms with Gasteiger partial charge in [-0.05, 0) is 19.8 Å². The van der Waals surface area contributed by atoms with Crippen molar-refractivity contribution >= 4 is 11.9 Å². The van der Waals surface area contributed by atoms with E-state index in [1.165, 1.54) is 0 Å². The zero-order valence-electron chi connectivity index (χ0n) is 9.31. The molecule has 4 atom stereocenters. The molecule has 0 radical (unpaired) electrons. The van der Waals surface area contributed by atoms with Crippen molar-refractivity contribution in [3.63, 3.8) is 0 Å². The predicted octanol–water partition coefficient (Wildman–Crippen LogP) is 0.248. The van der Waals surface area contributed by atoms with Gasteiger partial charge in [0.2, 0.25) is 5.91 Å². The molecule has 0 aromatic heterocycles. The van der Waals surface area contributed by atoms with Gasteiger partial charge < -0.3 is 15.2 Å². The van der Waals surface area contributed by atoms with E-state index in [2.05, 4.69) is 5.32 Å². The molecule has 0 bridgehead atoms. The third-order valence-corrected chi connectivity index (χ3v) is 3.52. The molecule has 2 aliphatic rings. The average Bonchev–Trinajstić information content (AvgIpc) is 2.94. The van der Waals surface area contributed by atoms with E-state index in [4.69, 9.17) is 9.84 Å². The fraction of sp³-hybridized carbons (Fsp3) is 0.818. The first-order valence-corrected chi connectivity index (χ1v) is 5.71. The molecule has 0 spiro atoms. The number of amides is 1. The van der Waals surface area contributed by atoms with Gasteiger partial charge in [-0.1, -0.05) is 0 Å². The number of hydrogen-bond donors (Lipinski definition) is 2. The highest BCUT2D eigenvalue weighted by Crippen LogP contribution is 2.38. The SMILES string of the molecule is CC1OCCC1CNC(=O)C1CC1C(=O)O. The highest BCUT2D eigenvalue weighted by molar-refractivity contribution is 5.89. The van der Waals surface area contributed by atoms with Crippen molar-refractivity contribution < 1.29 is 19.4 Å². The van der Waals surface area contributed by atoms with Gasteiger partial charge in [-0.3, -0.25) is 9.59 Å². The molecule has 2 rings (SSSR count). The summed E-state index contributed by atoms with van der Waals surface area (Å²) < 4.78 is 5.39. The van der Waals surface area contributed by atoms with Gasteiger partial charge in [-0.15, -0.1) is 0 Å². The Hall–Kier alpha value is -1.10. The number of aliphatic carboxylic acids is 1. The summed E-state index contributed by atoms with van der Waals surface area (Å²) in [6.07, 6.45) is 1.64. The van der Waals surface area contributed by atoms with Gasteiger partial charge in [-0.25, -0.2) is 0 Å². The number of carboxylic acid groups (broad SMARTS) is 1. The molecule has 1 saturated carbocycles. The monoisotopic (exact) mass is 227 g/mol. The van der Waals surface area contributed by atoms with Crippen LogP contribution in [-0.4, -0.2) is 36.2 Å². The Morgan fingerprint density at radius 1 is 1.44 bits per heavy atom. The maximum Gasteiger partial charge on any atom is 0.307 e. The molecule has 2 N–H and O–H groups in total. The fourth-order valence-electron chi connectivity index (χ4n) is 2.16. The molecule has 16 heavy (non-hydrogen) atoms. The van der Waals surface area contributed by atoms with E-state index in [1.54, 1.807) is 0 Å². The smallest absolute Gasteiger partial charge is 0.307 e. The largest absolute Gasteiger partial charge is 0.481 e. The second-order valence-electron chi connectivity index (χ2n) is 4.66. The highest BCUT2D eigenvalue weighted by atomic mass is 16.5. The number of nitrogens with one attached hydrogen (secondary N) is 1. The van der Waals surface area contributed by atoms with Crippen molar-refractivity contribution in [2.45, 2.75) is 25.9 Å². The lowest BCUT2D eigenvalue weighted by Crippen LogP contribution is -2.33. The Morgan fingerprint density at radius 3 is 2.69 bits per heavy atom. The molecule has 5 heteroatoms. The molecule has 5 nitrogen and oxygen atoms in total. The van der Waals surface area contributed by atoms with Crippen LogP contribution in [0.5, 0.6) is 0 Å². The van der Waals surface area contributed by atoms with Gasteiger partial charge in [0, 0.05) is 19.1 Å². The molecule has 0 aromatic rings. The molecule has 90 valence electrons. The van der Waals surface area contributed by atoms with E-state index in [0.29, 0.717) is 18.9 Å². The zero-order valence-corrected chi connectivity index (χ0v) is 9.31. The van der Waals surface area contributed by atoms with E-state index < -0.39 is 11.9 Å². The first-order chi connectivity index (χ1) is 7.59. The molecular weight excluding hydrogens is 210 g/mol. The lowest BCUT2D eigenvalue weighted by atomic mass is 10.0. The van der Waals surface area contributed by atoms with Crippen molar-refractivity contribution in [2.75, 3.05) is 13.2 Å². The van der Waals surface area contributed by atoms with Crippen LogP contribution in [0.15, 0.2) is 0 Å². The summed E-state index contributed by atoms with van der Waals surface area (Å²) in [7, 11) is 0. The number of carbonyl (C=O) groups excluding carboxylic acids is 1. The fourth-order valence-corrected chi connectivity index (χ4v) is 2.16. The first kappa shape index (κ1) is 11.4. The highest BCUT2D eigenvalue weighted by Gasteiger charge is 2.48. The van der Waals surface area contributed by atoms with Crippen molar-refractivity contribution in [2.24, 2.45) is 17.8 Å². The standard InChI is InChI=1S/C11H17NO4/c1-6-7(2-3-16-6)5-12-10(13)8-4-9(8)11(14)15/h6-9H,2-5H2,1H3,(H,12,13)(H,14,15). The first-order valence-electron chi connectivity index (χ1n) is 5.71. The van der Waals surface area contributed by atoms with Gasteiger partial charge in [-0.2, -0.15) is 0 Å². The Balaban J connectivity index is 1.71. The third-order valence-electron chi connectivity index (χ3n) is 3.52. The van der Waals surface area contributed by atoms with E-state index in [9.17, 15) is 9.59 Å². The average molecular weight is 227 g/mol. The van der Waals surface area contributed by atoms with Gasteiger partial charge in [0.25, 0.3) is 0 Å². The molecule has 4 unspecified atom stereocenters. The topological polar surface area (TPSA) is 75.6 Å². The summed E-state index contributed by atoms with van der Waals surface area (Å²) in [5.41, 5.74) is 0. The Morgan fingerprint density at radius 2 is 2.19 bits per heavy atom. The number of carboxylic acids is 1. The maximum atomic E-state index is 11.6. The summed E-state index contributed by atoms with van der Waals surface area (Å²) in [6.45, 7) is 3.35. The van der Waals surface area contributed by atoms with E-state index in [-0.39, 0.29) is 17.9 Å². The number of carbonyl (C=O) groups is 2. The van der Waals surface area contributed by atoms with E-state index in [0.717, 1.165) is 13.0 Å². The second-order valence-corrected chi connectivity index (χ2v) is 4.66. The van der Waals surface area contributed by atoms with Crippen LogP contribution < -0.4 is 5.32 Å². The summed E-state index contributed by atoms with van der Waals surface area (Å²) in [5, 5.41) is 11.5. The number of ether oxygens (including phenoxy) is 1. The van der Waals surface area contributed by atoms with Gasteiger partial charge >= 0.3 is 5.97 Å². The lowest BCUT2D eigenvalue weighted by Gasteiger charge is -2.14. The van der Waals surface area contributed by atoms with Crippen LogP contribution in [0, 0.1) is 17.8 Å². The third kappa shape index (κ3) is 2.35. The van der Waals surface area contributed by atoms with Gasteiger partial charge in [0.15, 0.2) is 0 Å². The Bertz CT molecular complexity index is 304. The minimum Gasteiger partial charge on any atom is -0.481 e. The van der Waals surface area contributed by atoms with Crippen LogP contribution in [-0.2, 0) is 14.3 Å². The van der Waals surface area contributed by atoms with Crippen LogP contribution in [0.2, 0.25) is 0 Å². The molecule has 1 saturated heterocycles. The summed E-state index contributed by atoms with van der Waals surface area (Å²) in [5.74, 6) is -1.39. The normalized spacial score (nSPS) is 37.1. The molecule has 1 aliphatic carbocycles. The van der Waals surface area contributed by atoms with E-state index in [1.807, 2.05) is 6.92 Å². The van der Waals surface area contributed by atoms with Gasteiger partial charge in [0.1, 0.15) is 0 Å². The Labute approximate surface area is 94.2 Å². The van der Waals surface area contributed by atoms with Crippen molar-refractivity contribution in [3.8, 4) is 0 Å². The van der Waals surface area contributed by atoms with Gasteiger partial charge in [0.05, 0.1) is 17.9 Å². The predicted molar refractivity (Wildman–Crippen MR) is 55.8 cm³/mol. The molecule has 1 aliphatic heterocycles. The van der Waals surface area contributed by atoms with Crippen LogP contribution in [0.3, 0.4) is 0 Å². The number of rotatable bonds is 4. The molecule has 0 aromatic carbocycles. The summed E-state index contributed by atoms with van der Waals surface area (Å²) in [4.78, 5) is 22.2. The van der Waals surface area contributed by atoms with Crippen molar-refractivity contribution in [1.29, 1.82) is 0 Å². The van der Waals surface area contributed by atoms with Crippen LogP contribution in [0.1, 0.15) is 19.8 Å². The molecule has 1 amide bonds. The van der Waals surface area contributed by atoms with Crippen LogP contribution in [0.25, 0.3) is 0 Å². The second kappa shape index (κ2) is 4.41. The maximum absolute atomic E-state index is 11.6.